The second-order valence-corrected chi connectivity index (χ2v) is 18.9. The van der Waals surface area contributed by atoms with Crippen LogP contribution in [-0.4, -0.2) is 114 Å². The molecule has 1 amide bonds. The monoisotopic (exact) mass is 867 g/mol. The topological polar surface area (TPSA) is 184 Å². The van der Waals surface area contributed by atoms with Gasteiger partial charge in [0, 0.05) is 51.0 Å². The summed E-state index contributed by atoms with van der Waals surface area (Å²) in [6, 6.07) is 6.55. The summed E-state index contributed by atoms with van der Waals surface area (Å²) in [6.07, 6.45) is 4.82. The fraction of sp³-hybridized carbons (Fsp3) is 0.714. The van der Waals surface area contributed by atoms with E-state index in [9.17, 15) is 29.4 Å². The van der Waals surface area contributed by atoms with Crippen molar-refractivity contribution in [1.29, 1.82) is 0 Å². The van der Waals surface area contributed by atoms with E-state index in [-0.39, 0.29) is 55.6 Å². The number of methoxy groups -OCH3 is 2. The Morgan fingerprint density at radius 3 is 2.27 bits per heavy atom. The molecule has 1 aromatic rings. The number of nitrogens with zero attached hydrogens (tertiary/aromatic N) is 1. The molecule has 13 heteroatoms. The summed E-state index contributed by atoms with van der Waals surface area (Å²) in [5, 5.41) is 23.9. The maximum atomic E-state index is 14.5. The van der Waals surface area contributed by atoms with Gasteiger partial charge >= 0.3 is 5.97 Å². The minimum absolute atomic E-state index is 0.0166. The number of hydrogen-bond donors (Lipinski definition) is 3. The van der Waals surface area contributed by atoms with E-state index < -0.39 is 77.8 Å². The first-order valence-electron chi connectivity index (χ1n) is 23.0. The van der Waals surface area contributed by atoms with Crippen molar-refractivity contribution in [3.63, 3.8) is 0 Å². The fourth-order valence-corrected chi connectivity index (χ4v) is 10.1. The average Bonchev–Trinajstić information content (AvgIpc) is 3.25. The lowest BCUT2D eigenvalue weighted by molar-refractivity contribution is -0.302. The number of amides is 1. The van der Waals surface area contributed by atoms with Crippen molar-refractivity contribution < 1.29 is 53.1 Å². The zero-order valence-corrected chi connectivity index (χ0v) is 38.5. The average molecular weight is 867 g/mol. The molecule has 4 N–H and O–H groups in total. The van der Waals surface area contributed by atoms with Crippen molar-refractivity contribution in [1.82, 2.24) is 4.90 Å². The largest absolute Gasteiger partial charge is 0.489 e. The van der Waals surface area contributed by atoms with Gasteiger partial charge < -0.3 is 44.5 Å². The molecular formula is C49H74N2O11. The molecule has 13 nitrogen and oxygen atoms in total. The number of aliphatic hydroxyl groups is 2. The van der Waals surface area contributed by atoms with Crippen LogP contribution in [0.25, 0.3) is 0 Å². The van der Waals surface area contributed by atoms with Gasteiger partial charge in [0.2, 0.25) is 5.79 Å². The highest BCUT2D eigenvalue weighted by atomic mass is 16.7. The Labute approximate surface area is 369 Å². The van der Waals surface area contributed by atoms with Crippen molar-refractivity contribution >= 4 is 23.4 Å². The highest BCUT2D eigenvalue weighted by Crippen LogP contribution is 2.39. The van der Waals surface area contributed by atoms with Crippen LogP contribution in [0.15, 0.2) is 47.6 Å². The normalized spacial score (nSPS) is 37.7. The van der Waals surface area contributed by atoms with Crippen molar-refractivity contribution in [2.24, 2.45) is 35.3 Å². The first-order valence-corrected chi connectivity index (χ1v) is 23.0. The third-order valence-corrected chi connectivity index (χ3v) is 14.0. The predicted molar refractivity (Wildman–Crippen MR) is 235 cm³/mol. The van der Waals surface area contributed by atoms with Gasteiger partial charge in [0.1, 0.15) is 35.9 Å². The standard InChI is InChI=1S/C49H74N2O11/c1-10-35-22-29(3)21-30(4)23-42(58-8)45-43(59-9)25-32(6)49(57,62-45)46(54)47(55)51-20-12-11-13-38(51)48(56)61-44(33(7)39(52)27-40(35)53)31(5)24-34-16-19-37(50)41(26-34)60-36-17-14-28(2)15-18-36/h14-15,17-18,22,24,30,32-35,37-39,41-45,52,57H,10-13,16,19-21,23,25-27,50H2,1-9H3. The van der Waals surface area contributed by atoms with Gasteiger partial charge in [-0.3, -0.25) is 14.4 Å². The van der Waals surface area contributed by atoms with Gasteiger partial charge in [0.05, 0.1) is 18.3 Å². The maximum absolute atomic E-state index is 14.5. The number of allylic oxidation sites excluding steroid dienone is 3. The second-order valence-electron chi connectivity index (χ2n) is 18.9. The molecule has 1 aromatic carbocycles. The number of ether oxygens (including phenoxy) is 5. The summed E-state index contributed by atoms with van der Waals surface area (Å²) >= 11 is 0. The Kier molecular flexibility index (Phi) is 17.5. The van der Waals surface area contributed by atoms with Crippen molar-refractivity contribution in [2.75, 3.05) is 20.8 Å². The van der Waals surface area contributed by atoms with Gasteiger partial charge in [-0.15, -0.1) is 0 Å². The van der Waals surface area contributed by atoms with E-state index in [1.165, 1.54) is 19.1 Å². The minimum atomic E-state index is -2.50. The van der Waals surface area contributed by atoms with Crippen LogP contribution in [0.4, 0.5) is 0 Å². The summed E-state index contributed by atoms with van der Waals surface area (Å²) < 4.78 is 30.8. The van der Waals surface area contributed by atoms with Gasteiger partial charge in [-0.1, -0.05) is 63.1 Å². The molecule has 3 fully saturated rings. The highest BCUT2D eigenvalue weighted by molar-refractivity contribution is 6.39. The summed E-state index contributed by atoms with van der Waals surface area (Å²) in [5.74, 6) is -6.72. The molecule has 0 radical (unpaired) electrons. The van der Waals surface area contributed by atoms with E-state index in [0.29, 0.717) is 50.5 Å². The lowest BCUT2D eigenvalue weighted by atomic mass is 9.81. The second kappa shape index (κ2) is 22.0. The fourth-order valence-electron chi connectivity index (χ4n) is 10.1. The number of aryl methyl sites for hydroxylation is 1. The first kappa shape index (κ1) is 49.6. The third kappa shape index (κ3) is 11.8. The van der Waals surface area contributed by atoms with E-state index in [1.807, 2.05) is 58.0 Å². The number of piperidine rings is 1. The summed E-state index contributed by atoms with van der Waals surface area (Å²) in [7, 11) is 3.08. The predicted octanol–water partition coefficient (Wildman–Crippen LogP) is 6.18. The Hall–Kier alpha value is -3.46. The summed E-state index contributed by atoms with van der Waals surface area (Å²) in [6.45, 7) is 13.4. The zero-order valence-electron chi connectivity index (χ0n) is 38.5. The number of fused-ring (bicyclic) bond motifs is 3. The molecule has 14 atom stereocenters. The lowest BCUT2D eigenvalue weighted by Crippen LogP contribution is -2.64. The number of rotatable bonds is 7. The molecule has 2 bridgehead atoms. The van der Waals surface area contributed by atoms with Crippen LogP contribution in [0, 0.1) is 36.5 Å². The van der Waals surface area contributed by atoms with Gasteiger partial charge in [0.25, 0.3) is 11.7 Å². The highest BCUT2D eigenvalue weighted by Gasteiger charge is 2.56. The SMILES string of the molecule is CCC1C=C(C)CC(C)CC(OC)C2OC(O)(C(=O)C(=O)N3CCCCC3C(=O)OC(C(C)=CC3CCC(N)C(Oc4ccc(C)cc4)C3)C(C)C(O)CC1=O)C(C)CC2OC. The van der Waals surface area contributed by atoms with E-state index in [0.717, 1.165) is 23.3 Å². The molecule has 0 aromatic heterocycles. The Morgan fingerprint density at radius 1 is 0.935 bits per heavy atom. The number of carbonyl (C=O) groups is 4. The molecular weight excluding hydrogens is 793 g/mol. The van der Waals surface area contributed by atoms with E-state index in [2.05, 4.69) is 13.0 Å². The van der Waals surface area contributed by atoms with Crippen LogP contribution < -0.4 is 10.5 Å². The number of hydrogen-bond acceptors (Lipinski definition) is 12. The van der Waals surface area contributed by atoms with Crippen molar-refractivity contribution in [3.05, 3.63) is 53.1 Å². The minimum Gasteiger partial charge on any atom is -0.489 e. The smallest absolute Gasteiger partial charge is 0.329 e. The molecule has 14 unspecified atom stereocenters. The van der Waals surface area contributed by atoms with E-state index >= 15 is 0 Å². The van der Waals surface area contributed by atoms with Crippen LogP contribution in [0.5, 0.6) is 5.75 Å². The Balaban J connectivity index is 1.50. The molecule has 1 saturated carbocycles. The Bertz CT molecular complexity index is 1760. The first-order chi connectivity index (χ1) is 29.4. The number of esters is 1. The van der Waals surface area contributed by atoms with Crippen LogP contribution in [0.1, 0.15) is 118 Å². The number of aliphatic hydroxyl groups excluding tert-OH is 1. The molecule has 0 spiro atoms. The molecule has 62 heavy (non-hydrogen) atoms. The molecule has 5 rings (SSSR count). The molecule has 3 aliphatic heterocycles. The van der Waals surface area contributed by atoms with Crippen molar-refractivity contribution in [3.8, 4) is 5.75 Å². The number of ketones is 2. The van der Waals surface area contributed by atoms with E-state index in [1.54, 1.807) is 13.8 Å². The molecule has 4 aliphatic rings. The zero-order chi connectivity index (χ0) is 45.5. The maximum Gasteiger partial charge on any atom is 0.329 e. The molecule has 2 saturated heterocycles. The van der Waals surface area contributed by atoms with Crippen LogP contribution in [0.2, 0.25) is 0 Å². The number of carbonyl (C=O) groups excluding carboxylic acids is 4. The summed E-state index contributed by atoms with van der Waals surface area (Å²) in [4.78, 5) is 58.3. The number of cyclic esters (lactones) is 1. The van der Waals surface area contributed by atoms with Gasteiger partial charge in [-0.2, -0.15) is 0 Å². The summed E-state index contributed by atoms with van der Waals surface area (Å²) in [5.41, 5.74) is 9.38. The molecule has 1 aliphatic carbocycles. The number of nitrogens with two attached hydrogens (primary N) is 1. The number of Topliss-reactive ketones (excluding diaryl/α,β-unsaturated/α-hetero) is 2. The third-order valence-electron chi connectivity index (χ3n) is 14.0. The van der Waals surface area contributed by atoms with Crippen LogP contribution in [0.3, 0.4) is 0 Å². The number of benzene rings is 1. The van der Waals surface area contributed by atoms with Gasteiger partial charge in [-0.05, 0) is 115 Å². The van der Waals surface area contributed by atoms with Crippen molar-refractivity contribution in [2.45, 2.75) is 174 Å². The lowest BCUT2D eigenvalue weighted by Gasteiger charge is -2.47. The Morgan fingerprint density at radius 2 is 1.61 bits per heavy atom. The van der Waals surface area contributed by atoms with Gasteiger partial charge in [-0.25, -0.2) is 4.79 Å². The molecule has 3 heterocycles. The van der Waals surface area contributed by atoms with Crippen LogP contribution >= 0.6 is 0 Å². The molecule has 346 valence electrons. The van der Waals surface area contributed by atoms with Crippen LogP contribution in [-0.2, 0) is 38.1 Å². The quantitative estimate of drug-likeness (QED) is 0.161. The van der Waals surface area contributed by atoms with Gasteiger partial charge in [0.15, 0.2) is 0 Å². The van der Waals surface area contributed by atoms with E-state index in [4.69, 9.17) is 29.4 Å².